The molecule has 0 radical (unpaired) electrons. The molecule has 3 nitrogen and oxygen atoms in total. The van der Waals surface area contributed by atoms with E-state index in [9.17, 15) is 0 Å². The molecule has 1 N–H and O–H groups in total. The number of hydrogen-bond acceptors (Lipinski definition) is 3. The largest absolute Gasteiger partial charge is 0.496 e. The topological polar surface area (TPSA) is 34.4 Å². The van der Waals surface area contributed by atoms with E-state index in [1.54, 1.807) is 7.11 Å². The summed E-state index contributed by atoms with van der Waals surface area (Å²) in [5.41, 5.74) is 0.975. The molecule has 0 amide bonds. The molecule has 0 aliphatic rings. The van der Waals surface area contributed by atoms with Gasteiger partial charge >= 0.3 is 0 Å². The Morgan fingerprint density at radius 3 is 2.68 bits per heavy atom. The van der Waals surface area contributed by atoms with Crippen molar-refractivity contribution < 1.29 is 9.15 Å². The fourth-order valence-electron chi connectivity index (χ4n) is 1.74. The third-order valence-corrected chi connectivity index (χ3v) is 3.99. The Kier molecular flexibility index (Phi) is 5.07. The molecular weight excluding hydrogens is 374 g/mol. The van der Waals surface area contributed by atoms with Gasteiger partial charge in [0.15, 0.2) is 0 Å². The van der Waals surface area contributed by atoms with E-state index in [0.717, 1.165) is 44.9 Å². The highest BCUT2D eigenvalue weighted by atomic mass is 79.9. The molecular formula is C14H15Br2NO2. The quantitative estimate of drug-likeness (QED) is 0.813. The van der Waals surface area contributed by atoms with Crippen LogP contribution in [-0.4, -0.2) is 13.7 Å². The smallest absolute Gasteiger partial charge is 0.135 e. The number of nitrogens with one attached hydrogen (secondary N) is 1. The fraction of sp³-hybridized carbons (Fsp3) is 0.286. The van der Waals surface area contributed by atoms with Gasteiger partial charge in [0, 0.05) is 10.0 Å². The van der Waals surface area contributed by atoms with Crippen molar-refractivity contribution in [3.8, 4) is 17.1 Å². The highest BCUT2D eigenvalue weighted by Crippen LogP contribution is 2.37. The molecule has 0 atom stereocenters. The lowest BCUT2D eigenvalue weighted by molar-refractivity contribution is 0.412. The molecule has 1 aromatic heterocycles. The van der Waals surface area contributed by atoms with E-state index >= 15 is 0 Å². The van der Waals surface area contributed by atoms with Gasteiger partial charge in [0.25, 0.3) is 0 Å². The van der Waals surface area contributed by atoms with Gasteiger partial charge in [-0.25, -0.2) is 0 Å². The predicted molar refractivity (Wildman–Crippen MR) is 83.5 cm³/mol. The van der Waals surface area contributed by atoms with Gasteiger partial charge in [0.1, 0.15) is 17.3 Å². The maximum Gasteiger partial charge on any atom is 0.135 e. The summed E-state index contributed by atoms with van der Waals surface area (Å²) < 4.78 is 13.0. The Morgan fingerprint density at radius 1 is 1.21 bits per heavy atom. The predicted octanol–water partition coefficient (Wildman–Crippen LogP) is 4.59. The van der Waals surface area contributed by atoms with Gasteiger partial charge in [0.05, 0.1) is 18.1 Å². The van der Waals surface area contributed by atoms with Crippen molar-refractivity contribution in [1.29, 1.82) is 0 Å². The van der Waals surface area contributed by atoms with Gasteiger partial charge < -0.3 is 14.5 Å². The first-order valence-corrected chi connectivity index (χ1v) is 7.57. The highest BCUT2D eigenvalue weighted by Gasteiger charge is 2.12. The average molecular weight is 389 g/mol. The summed E-state index contributed by atoms with van der Waals surface area (Å²) in [5.74, 6) is 2.53. The van der Waals surface area contributed by atoms with Crippen LogP contribution in [0.5, 0.6) is 5.75 Å². The number of halogens is 2. The molecule has 2 rings (SSSR count). The SMILES string of the molecule is CCNCc1ccc(-c2cc(OC)c(Br)cc2Br)o1. The van der Waals surface area contributed by atoms with Crippen molar-refractivity contribution in [2.75, 3.05) is 13.7 Å². The van der Waals surface area contributed by atoms with E-state index in [2.05, 4.69) is 44.1 Å². The van der Waals surface area contributed by atoms with E-state index in [1.807, 2.05) is 24.3 Å². The zero-order valence-corrected chi connectivity index (χ0v) is 14.0. The Morgan fingerprint density at radius 2 is 2.00 bits per heavy atom. The number of furan rings is 1. The molecule has 0 unspecified atom stereocenters. The van der Waals surface area contributed by atoms with E-state index < -0.39 is 0 Å². The normalized spacial score (nSPS) is 10.7. The molecule has 102 valence electrons. The van der Waals surface area contributed by atoms with Crippen LogP contribution in [0.15, 0.2) is 37.6 Å². The first-order valence-electron chi connectivity index (χ1n) is 5.98. The van der Waals surface area contributed by atoms with Gasteiger partial charge in [-0.1, -0.05) is 6.92 Å². The maximum atomic E-state index is 5.83. The average Bonchev–Trinajstić information content (AvgIpc) is 2.85. The van der Waals surface area contributed by atoms with E-state index in [-0.39, 0.29) is 0 Å². The van der Waals surface area contributed by atoms with E-state index in [1.165, 1.54) is 0 Å². The minimum atomic E-state index is 0.738. The lowest BCUT2D eigenvalue weighted by atomic mass is 10.1. The summed E-state index contributed by atoms with van der Waals surface area (Å²) in [7, 11) is 1.65. The number of ether oxygens (including phenoxy) is 1. The van der Waals surface area contributed by atoms with Crippen LogP contribution in [0.3, 0.4) is 0 Å². The van der Waals surface area contributed by atoms with Crippen molar-refractivity contribution >= 4 is 31.9 Å². The van der Waals surface area contributed by atoms with Crippen LogP contribution in [0, 0.1) is 0 Å². The first kappa shape index (κ1) is 14.6. The number of hydrogen-bond donors (Lipinski definition) is 1. The molecule has 1 heterocycles. The van der Waals surface area contributed by atoms with Crippen LogP contribution < -0.4 is 10.1 Å². The van der Waals surface area contributed by atoms with E-state index in [0.29, 0.717) is 0 Å². The summed E-state index contributed by atoms with van der Waals surface area (Å²) in [6, 6.07) is 7.86. The Bertz CT molecular complexity index is 567. The van der Waals surface area contributed by atoms with Crippen LogP contribution in [0.4, 0.5) is 0 Å². The fourth-order valence-corrected chi connectivity index (χ4v) is 3.09. The Hall–Kier alpha value is -0.780. The van der Waals surface area contributed by atoms with Gasteiger partial charge in [0.2, 0.25) is 0 Å². The lowest BCUT2D eigenvalue weighted by Crippen LogP contribution is -2.10. The molecule has 0 fully saturated rings. The van der Waals surface area contributed by atoms with Gasteiger partial charge in [-0.2, -0.15) is 0 Å². The van der Waals surface area contributed by atoms with Crippen molar-refractivity contribution in [2.24, 2.45) is 0 Å². The van der Waals surface area contributed by atoms with Crippen molar-refractivity contribution in [1.82, 2.24) is 5.32 Å². The first-order chi connectivity index (χ1) is 9.15. The van der Waals surface area contributed by atoms with Crippen molar-refractivity contribution in [3.05, 3.63) is 39.0 Å². The third-order valence-electron chi connectivity index (χ3n) is 2.72. The Balaban J connectivity index is 2.33. The lowest BCUT2D eigenvalue weighted by Gasteiger charge is -2.07. The summed E-state index contributed by atoms with van der Waals surface area (Å²) in [4.78, 5) is 0. The summed E-state index contributed by atoms with van der Waals surface area (Å²) in [6.07, 6.45) is 0. The summed E-state index contributed by atoms with van der Waals surface area (Å²) >= 11 is 7.01. The van der Waals surface area contributed by atoms with Crippen LogP contribution in [-0.2, 0) is 6.54 Å². The highest BCUT2D eigenvalue weighted by molar-refractivity contribution is 9.11. The molecule has 2 aromatic rings. The standard InChI is InChI=1S/C14H15Br2NO2/c1-3-17-8-9-4-5-13(19-9)10-6-14(18-2)12(16)7-11(10)15/h4-7,17H,3,8H2,1-2H3. The number of rotatable bonds is 5. The molecule has 1 aromatic carbocycles. The zero-order chi connectivity index (χ0) is 13.8. The van der Waals surface area contributed by atoms with Crippen LogP contribution in [0.25, 0.3) is 11.3 Å². The molecule has 5 heteroatoms. The molecule has 0 saturated carbocycles. The Labute approximate surface area is 129 Å². The van der Waals surface area contributed by atoms with Gasteiger partial charge in [-0.3, -0.25) is 0 Å². The second-order valence-electron chi connectivity index (χ2n) is 4.01. The van der Waals surface area contributed by atoms with Crippen molar-refractivity contribution in [3.63, 3.8) is 0 Å². The zero-order valence-electron chi connectivity index (χ0n) is 10.8. The van der Waals surface area contributed by atoms with Crippen molar-refractivity contribution in [2.45, 2.75) is 13.5 Å². The molecule has 0 bridgehead atoms. The minimum Gasteiger partial charge on any atom is -0.496 e. The number of benzene rings is 1. The minimum absolute atomic E-state index is 0.738. The van der Waals surface area contributed by atoms with Crippen LogP contribution in [0.2, 0.25) is 0 Å². The monoisotopic (exact) mass is 387 g/mol. The van der Waals surface area contributed by atoms with Crippen LogP contribution >= 0.6 is 31.9 Å². The maximum absolute atomic E-state index is 5.83. The molecule has 0 aliphatic carbocycles. The summed E-state index contributed by atoms with van der Waals surface area (Å²) in [5, 5.41) is 3.24. The molecule has 0 saturated heterocycles. The number of methoxy groups -OCH3 is 1. The van der Waals surface area contributed by atoms with Gasteiger partial charge in [-0.05, 0) is 62.7 Å². The second-order valence-corrected chi connectivity index (χ2v) is 5.72. The third kappa shape index (κ3) is 3.41. The second kappa shape index (κ2) is 6.59. The molecule has 0 spiro atoms. The summed E-state index contributed by atoms with van der Waals surface area (Å²) in [6.45, 7) is 3.73. The van der Waals surface area contributed by atoms with Gasteiger partial charge in [-0.15, -0.1) is 0 Å². The van der Waals surface area contributed by atoms with Crippen LogP contribution in [0.1, 0.15) is 12.7 Å². The molecule has 0 aliphatic heterocycles. The molecule has 19 heavy (non-hydrogen) atoms. The van der Waals surface area contributed by atoms with E-state index in [4.69, 9.17) is 9.15 Å².